The van der Waals surface area contributed by atoms with Crippen LogP contribution < -0.4 is 5.69 Å². The molecule has 0 saturated heterocycles. The Morgan fingerprint density at radius 3 is 2.74 bits per heavy atom. The highest BCUT2D eigenvalue weighted by Crippen LogP contribution is 2.23. The molecule has 2 rings (SSSR count). The number of fused-ring (bicyclic) bond motifs is 1. The fourth-order valence-electron chi connectivity index (χ4n) is 2.54. The molecule has 0 fully saturated rings. The van der Waals surface area contributed by atoms with Gasteiger partial charge >= 0.3 is 11.7 Å². The lowest BCUT2D eigenvalue weighted by Gasteiger charge is -2.15. The maximum absolute atomic E-state index is 12.1. The first-order chi connectivity index (χ1) is 9.10. The predicted octanol–water partition coefficient (Wildman–Crippen LogP) is 2.78. The number of carbonyl (C=O) groups is 1. The van der Waals surface area contributed by atoms with Gasteiger partial charge in [0.15, 0.2) is 0 Å². The third-order valence-corrected chi connectivity index (χ3v) is 3.44. The van der Waals surface area contributed by atoms with Crippen molar-refractivity contribution in [2.75, 3.05) is 0 Å². The fraction of sp³-hybridized carbons (Fsp3) is 0.429. The smallest absolute Gasteiger partial charge is 0.337 e. The number of benzene rings is 1. The van der Waals surface area contributed by atoms with Crippen molar-refractivity contribution < 1.29 is 9.90 Å². The van der Waals surface area contributed by atoms with Crippen molar-refractivity contribution >= 4 is 17.0 Å². The number of hydrogen-bond donors (Lipinski definition) is 2. The molecule has 0 bridgehead atoms. The summed E-state index contributed by atoms with van der Waals surface area (Å²) >= 11 is 0. The largest absolute Gasteiger partial charge is 0.478 e. The summed E-state index contributed by atoms with van der Waals surface area (Å²) in [6.45, 7) is 4.11. The second-order valence-electron chi connectivity index (χ2n) is 4.66. The molecule has 1 unspecified atom stereocenters. The number of hydrogen-bond acceptors (Lipinski definition) is 2. The van der Waals surface area contributed by atoms with Crippen LogP contribution in [0.3, 0.4) is 0 Å². The molecule has 0 aliphatic carbocycles. The number of aromatic nitrogens is 2. The van der Waals surface area contributed by atoms with Crippen LogP contribution in [-0.2, 0) is 0 Å². The van der Waals surface area contributed by atoms with E-state index in [1.165, 1.54) is 6.07 Å². The summed E-state index contributed by atoms with van der Waals surface area (Å²) < 4.78 is 1.69. The summed E-state index contributed by atoms with van der Waals surface area (Å²) in [6.07, 6.45) is 2.73. The van der Waals surface area contributed by atoms with E-state index in [2.05, 4.69) is 11.9 Å². The van der Waals surface area contributed by atoms with E-state index in [4.69, 9.17) is 5.11 Å². The van der Waals surface area contributed by atoms with E-state index in [9.17, 15) is 9.59 Å². The van der Waals surface area contributed by atoms with E-state index >= 15 is 0 Å². The monoisotopic (exact) mass is 262 g/mol. The number of rotatable bonds is 5. The molecule has 2 N–H and O–H groups in total. The summed E-state index contributed by atoms with van der Waals surface area (Å²) in [4.78, 5) is 25.9. The Hall–Kier alpha value is -2.04. The number of H-pyrrole nitrogens is 1. The van der Waals surface area contributed by atoms with Gasteiger partial charge in [-0.25, -0.2) is 9.59 Å². The molecule has 19 heavy (non-hydrogen) atoms. The van der Waals surface area contributed by atoms with Crippen LogP contribution in [0.4, 0.5) is 0 Å². The lowest BCUT2D eigenvalue weighted by molar-refractivity contribution is 0.0699. The van der Waals surface area contributed by atoms with E-state index in [1.54, 1.807) is 16.7 Å². The van der Waals surface area contributed by atoms with Crippen molar-refractivity contribution in [2.45, 2.75) is 39.2 Å². The van der Waals surface area contributed by atoms with Crippen LogP contribution in [0.25, 0.3) is 11.0 Å². The highest BCUT2D eigenvalue weighted by Gasteiger charge is 2.18. The lowest BCUT2D eigenvalue weighted by atomic mass is 10.1. The van der Waals surface area contributed by atoms with E-state index in [-0.39, 0.29) is 17.3 Å². The molecule has 0 spiro atoms. The Balaban J connectivity index is 2.69. The summed E-state index contributed by atoms with van der Waals surface area (Å²) in [7, 11) is 0. The molecular weight excluding hydrogens is 244 g/mol. The summed E-state index contributed by atoms with van der Waals surface area (Å²) in [5.41, 5.74) is 0.989. The van der Waals surface area contributed by atoms with Gasteiger partial charge in [0.05, 0.1) is 16.6 Å². The predicted molar refractivity (Wildman–Crippen MR) is 73.8 cm³/mol. The third kappa shape index (κ3) is 2.28. The number of aromatic amines is 1. The topological polar surface area (TPSA) is 75.1 Å². The minimum Gasteiger partial charge on any atom is -0.478 e. The number of aromatic carboxylic acids is 1. The molecule has 1 heterocycles. The van der Waals surface area contributed by atoms with Crippen molar-refractivity contribution in [1.82, 2.24) is 9.55 Å². The maximum Gasteiger partial charge on any atom is 0.337 e. The van der Waals surface area contributed by atoms with Crippen LogP contribution in [-0.4, -0.2) is 20.6 Å². The van der Waals surface area contributed by atoms with E-state index < -0.39 is 5.97 Å². The first-order valence-corrected chi connectivity index (χ1v) is 6.56. The van der Waals surface area contributed by atoms with Crippen LogP contribution in [0.5, 0.6) is 0 Å². The van der Waals surface area contributed by atoms with Gasteiger partial charge in [0, 0.05) is 6.04 Å². The van der Waals surface area contributed by atoms with Gasteiger partial charge in [-0.15, -0.1) is 0 Å². The van der Waals surface area contributed by atoms with Gasteiger partial charge in [-0.2, -0.15) is 0 Å². The van der Waals surface area contributed by atoms with E-state index in [0.717, 1.165) is 19.3 Å². The van der Waals surface area contributed by atoms with Crippen LogP contribution in [0.2, 0.25) is 0 Å². The number of carboxylic acid groups (broad SMARTS) is 1. The normalized spacial score (nSPS) is 12.7. The molecule has 0 amide bonds. The molecular formula is C14H18N2O3. The van der Waals surface area contributed by atoms with Gasteiger partial charge in [-0.3, -0.25) is 4.57 Å². The molecule has 5 heteroatoms. The van der Waals surface area contributed by atoms with Gasteiger partial charge in [0.2, 0.25) is 0 Å². The second-order valence-corrected chi connectivity index (χ2v) is 4.66. The number of nitrogens with zero attached hydrogens (tertiary/aromatic N) is 1. The van der Waals surface area contributed by atoms with Gasteiger partial charge in [-0.05, 0) is 25.0 Å². The zero-order valence-corrected chi connectivity index (χ0v) is 11.1. The molecule has 0 aliphatic rings. The molecule has 5 nitrogen and oxygen atoms in total. The SMILES string of the molecule is CCCC(CC)n1c(=O)[nH]c2c(C(=O)O)cccc21. The molecule has 1 aromatic carbocycles. The number of imidazole rings is 1. The first kappa shape index (κ1) is 13.4. The Labute approximate surface area is 110 Å². The number of nitrogens with one attached hydrogen (secondary N) is 1. The molecule has 0 radical (unpaired) electrons. The number of carboxylic acids is 1. The summed E-state index contributed by atoms with van der Waals surface area (Å²) in [5.74, 6) is -1.03. The highest BCUT2D eigenvalue weighted by molar-refractivity contribution is 6.00. The van der Waals surface area contributed by atoms with E-state index in [1.807, 2.05) is 6.92 Å². The zero-order chi connectivity index (χ0) is 14.0. The molecule has 0 saturated carbocycles. The maximum atomic E-state index is 12.1. The van der Waals surface area contributed by atoms with Crippen molar-refractivity contribution in [2.24, 2.45) is 0 Å². The van der Waals surface area contributed by atoms with Crippen molar-refractivity contribution in [1.29, 1.82) is 0 Å². The lowest BCUT2D eigenvalue weighted by Crippen LogP contribution is -2.21. The fourth-order valence-corrected chi connectivity index (χ4v) is 2.54. The Kier molecular flexibility index (Phi) is 3.74. The molecule has 102 valence electrons. The van der Waals surface area contributed by atoms with Gasteiger partial charge < -0.3 is 10.1 Å². The highest BCUT2D eigenvalue weighted by atomic mass is 16.4. The summed E-state index contributed by atoms with van der Waals surface area (Å²) in [5, 5.41) is 9.15. The average Bonchev–Trinajstić information content (AvgIpc) is 2.71. The van der Waals surface area contributed by atoms with Crippen molar-refractivity contribution in [3.63, 3.8) is 0 Å². The van der Waals surface area contributed by atoms with Crippen LogP contribution in [0, 0.1) is 0 Å². The quantitative estimate of drug-likeness (QED) is 0.870. The van der Waals surface area contributed by atoms with E-state index in [0.29, 0.717) is 11.0 Å². The number of para-hydroxylation sites is 1. The zero-order valence-electron chi connectivity index (χ0n) is 11.1. The summed E-state index contributed by atoms with van der Waals surface area (Å²) in [6, 6.07) is 5.08. The van der Waals surface area contributed by atoms with Gasteiger partial charge in [0.25, 0.3) is 0 Å². The minimum absolute atomic E-state index is 0.107. The van der Waals surface area contributed by atoms with Crippen LogP contribution in [0.1, 0.15) is 49.5 Å². The van der Waals surface area contributed by atoms with Gasteiger partial charge in [0.1, 0.15) is 0 Å². The minimum atomic E-state index is -1.03. The standard InChI is InChI=1S/C14H18N2O3/c1-3-6-9(4-2)16-11-8-5-7-10(13(17)18)12(11)15-14(16)19/h5,7-9H,3-4,6H2,1-2H3,(H,15,19)(H,17,18). The first-order valence-electron chi connectivity index (χ1n) is 6.56. The van der Waals surface area contributed by atoms with Crippen molar-refractivity contribution in [3.8, 4) is 0 Å². The molecule has 0 aliphatic heterocycles. The molecule has 2 aromatic rings. The second kappa shape index (κ2) is 5.30. The average molecular weight is 262 g/mol. The Morgan fingerprint density at radius 1 is 1.42 bits per heavy atom. The van der Waals surface area contributed by atoms with Gasteiger partial charge in [-0.1, -0.05) is 26.3 Å². The molecule has 1 atom stereocenters. The van der Waals surface area contributed by atoms with Crippen LogP contribution in [0.15, 0.2) is 23.0 Å². The Morgan fingerprint density at radius 2 is 2.16 bits per heavy atom. The van der Waals surface area contributed by atoms with Crippen molar-refractivity contribution in [3.05, 3.63) is 34.2 Å². The third-order valence-electron chi connectivity index (χ3n) is 3.44. The Bertz CT molecular complexity index is 654. The van der Waals surface area contributed by atoms with Crippen LogP contribution >= 0.6 is 0 Å². The molecule has 1 aromatic heterocycles.